The van der Waals surface area contributed by atoms with E-state index in [0.717, 1.165) is 47.9 Å². The first-order valence-corrected chi connectivity index (χ1v) is 24.3. The summed E-state index contributed by atoms with van der Waals surface area (Å²) in [4.78, 5) is 14.5. The van der Waals surface area contributed by atoms with E-state index in [0.29, 0.717) is 39.1 Å². The molecule has 2 aromatic rings. The van der Waals surface area contributed by atoms with Crippen LogP contribution >= 0.6 is 0 Å². The van der Waals surface area contributed by atoms with Crippen molar-refractivity contribution >= 4 is 22.2 Å². The first-order chi connectivity index (χ1) is 22.0. The summed E-state index contributed by atoms with van der Waals surface area (Å²) in [6.07, 6.45) is 0.738. The molecule has 0 spiro atoms. The summed E-state index contributed by atoms with van der Waals surface area (Å²) >= 11 is 0. The molecule has 1 aliphatic rings. The normalized spacial score (nSPS) is 15.4. The molecule has 1 fully saturated rings. The van der Waals surface area contributed by atoms with Gasteiger partial charge >= 0.3 is 6.09 Å². The van der Waals surface area contributed by atoms with E-state index in [9.17, 15) is 4.79 Å². The predicted octanol–water partition coefficient (Wildman–Crippen LogP) is 8.53. The fourth-order valence-electron chi connectivity index (χ4n) is 4.57. The Labute approximate surface area is 285 Å². The zero-order valence-electron chi connectivity index (χ0n) is 30.3. The van der Waals surface area contributed by atoms with Crippen LogP contribution in [0.4, 0.5) is 4.79 Å². The van der Waals surface area contributed by atoms with Gasteiger partial charge in [-0.25, -0.2) is 4.79 Å². The molecule has 9 nitrogen and oxygen atoms in total. The lowest BCUT2D eigenvalue weighted by atomic mass is 10.0. The maximum atomic E-state index is 12.7. The lowest BCUT2D eigenvalue weighted by Crippen LogP contribution is -2.50. The summed E-state index contributed by atoms with van der Waals surface area (Å²) in [7, 11) is -2.24. The molecule has 47 heavy (non-hydrogen) atoms. The molecule has 1 saturated heterocycles. The monoisotopic (exact) mass is 689 g/mol. The van der Waals surface area contributed by atoms with Crippen molar-refractivity contribution < 1.29 is 38.0 Å². The Morgan fingerprint density at radius 3 is 1.47 bits per heavy atom. The minimum Gasteiger partial charge on any atom is -0.468 e. The SMILES string of the molecule is CC(C)(C)OC(=O)N1CCC(OCc2ccc(OCOCC[Si](C)(C)C)cc2)(OCc2ccc(OCOCC[Si](C)(C)C)cc2)CC1. The van der Waals surface area contributed by atoms with Gasteiger partial charge < -0.3 is 38.1 Å². The average Bonchev–Trinajstić information content (AvgIpc) is 2.98. The Balaban J connectivity index is 1.55. The molecule has 1 amide bonds. The number of carbonyl (C=O) groups excluding carboxylic acids is 1. The van der Waals surface area contributed by atoms with Crippen molar-refractivity contribution in [3.63, 3.8) is 0 Å². The molecule has 0 atom stereocenters. The quantitative estimate of drug-likeness (QED) is 0.0875. The fraction of sp³-hybridized carbons (Fsp3) is 0.639. The van der Waals surface area contributed by atoms with Crippen LogP contribution in [-0.2, 0) is 36.9 Å². The van der Waals surface area contributed by atoms with Gasteiger partial charge in [0.05, 0.1) is 13.2 Å². The van der Waals surface area contributed by atoms with Gasteiger partial charge in [0.2, 0.25) is 0 Å². The van der Waals surface area contributed by atoms with Gasteiger partial charge in [-0.15, -0.1) is 0 Å². The number of carbonyl (C=O) groups is 1. The smallest absolute Gasteiger partial charge is 0.410 e. The predicted molar refractivity (Wildman–Crippen MR) is 191 cm³/mol. The molecule has 1 aliphatic heterocycles. The van der Waals surface area contributed by atoms with E-state index in [1.807, 2.05) is 69.3 Å². The van der Waals surface area contributed by atoms with Crippen molar-refractivity contribution in [3.05, 3.63) is 59.7 Å². The van der Waals surface area contributed by atoms with Crippen LogP contribution in [0.5, 0.6) is 11.5 Å². The number of hydrogen-bond acceptors (Lipinski definition) is 8. The number of amides is 1. The Morgan fingerprint density at radius 1 is 0.702 bits per heavy atom. The number of benzene rings is 2. The zero-order chi connectivity index (χ0) is 34.6. The number of nitrogens with zero attached hydrogens (tertiary/aromatic N) is 1. The molecule has 0 aliphatic carbocycles. The highest BCUT2D eigenvalue weighted by atomic mass is 28.3. The Hall–Kier alpha value is -2.42. The van der Waals surface area contributed by atoms with Gasteiger partial charge in [0.15, 0.2) is 19.4 Å². The standard InChI is InChI=1S/C36H59NO8Si2/c1-35(2,3)45-34(38)37-20-18-36(19-21-37,43-26-30-10-14-32(15-11-30)41-28-39-22-24-46(4,5)6)44-27-31-12-16-33(17-13-31)42-29-40-23-25-47(7,8)9/h10-17H,18-29H2,1-9H3. The second-order valence-electron chi connectivity index (χ2n) is 15.7. The van der Waals surface area contributed by atoms with Crippen LogP contribution in [0.3, 0.4) is 0 Å². The minimum absolute atomic E-state index is 0.241. The van der Waals surface area contributed by atoms with Gasteiger partial charge in [-0.2, -0.15) is 0 Å². The van der Waals surface area contributed by atoms with Crippen LogP contribution < -0.4 is 9.47 Å². The second kappa shape index (κ2) is 17.8. The molecule has 2 aromatic carbocycles. The highest BCUT2D eigenvalue weighted by Crippen LogP contribution is 2.31. The van der Waals surface area contributed by atoms with Crippen molar-refractivity contribution in [2.45, 2.75) is 110 Å². The van der Waals surface area contributed by atoms with E-state index in [4.69, 9.17) is 33.2 Å². The van der Waals surface area contributed by atoms with Crippen molar-refractivity contribution in [2.24, 2.45) is 0 Å². The molecule has 0 radical (unpaired) electrons. The number of rotatable bonds is 18. The van der Waals surface area contributed by atoms with Gasteiger partial charge in [0, 0.05) is 55.3 Å². The van der Waals surface area contributed by atoms with Gasteiger partial charge in [-0.3, -0.25) is 0 Å². The Kier molecular flexibility index (Phi) is 14.8. The third-order valence-corrected chi connectivity index (χ3v) is 11.0. The van der Waals surface area contributed by atoms with Gasteiger partial charge in [0.25, 0.3) is 0 Å². The van der Waals surface area contributed by atoms with E-state index >= 15 is 0 Å². The van der Waals surface area contributed by atoms with E-state index < -0.39 is 27.5 Å². The Morgan fingerprint density at radius 2 is 1.11 bits per heavy atom. The lowest BCUT2D eigenvalue weighted by Gasteiger charge is -2.41. The molecule has 0 saturated carbocycles. The third-order valence-electron chi connectivity index (χ3n) is 7.64. The number of piperidine rings is 1. The molecular weight excluding hydrogens is 631 g/mol. The summed E-state index contributed by atoms with van der Waals surface area (Å²) in [6, 6.07) is 17.9. The molecule has 0 bridgehead atoms. The van der Waals surface area contributed by atoms with Gasteiger partial charge in [0.1, 0.15) is 17.1 Å². The second-order valence-corrected chi connectivity index (χ2v) is 26.9. The van der Waals surface area contributed by atoms with E-state index in [1.54, 1.807) is 4.90 Å². The van der Waals surface area contributed by atoms with Gasteiger partial charge in [-0.05, 0) is 68.3 Å². The van der Waals surface area contributed by atoms with Crippen LogP contribution in [-0.4, -0.2) is 78.4 Å². The molecular formula is C36H59NO8Si2. The first kappa shape index (κ1) is 39.0. The molecule has 0 aromatic heterocycles. The molecule has 3 rings (SSSR count). The molecule has 0 unspecified atom stereocenters. The Bertz CT molecular complexity index is 1120. The zero-order valence-corrected chi connectivity index (χ0v) is 32.3. The highest BCUT2D eigenvalue weighted by Gasteiger charge is 2.39. The van der Waals surface area contributed by atoms with Crippen molar-refractivity contribution in [3.8, 4) is 11.5 Å². The van der Waals surface area contributed by atoms with Crippen molar-refractivity contribution in [1.29, 1.82) is 0 Å². The lowest BCUT2D eigenvalue weighted by molar-refractivity contribution is -0.267. The van der Waals surface area contributed by atoms with E-state index in [2.05, 4.69) is 39.3 Å². The summed E-state index contributed by atoms with van der Waals surface area (Å²) < 4.78 is 41.5. The largest absolute Gasteiger partial charge is 0.468 e. The number of likely N-dealkylation sites (tertiary alicyclic amines) is 1. The maximum Gasteiger partial charge on any atom is 0.410 e. The molecule has 11 heteroatoms. The summed E-state index contributed by atoms with van der Waals surface area (Å²) in [5.41, 5.74) is 1.45. The molecule has 0 N–H and O–H groups in total. The summed E-state index contributed by atoms with van der Waals surface area (Å²) in [6.45, 7) is 23.2. The minimum atomic E-state index is -1.12. The van der Waals surface area contributed by atoms with Crippen LogP contribution in [0, 0.1) is 0 Å². The average molecular weight is 690 g/mol. The number of ether oxygens (including phenoxy) is 7. The third kappa shape index (κ3) is 16.0. The summed E-state index contributed by atoms with van der Waals surface area (Å²) in [5.74, 6) is 0.657. The van der Waals surface area contributed by atoms with Crippen molar-refractivity contribution in [1.82, 2.24) is 4.90 Å². The molecule has 1 heterocycles. The van der Waals surface area contributed by atoms with Crippen LogP contribution in [0.15, 0.2) is 48.5 Å². The van der Waals surface area contributed by atoms with E-state index in [1.165, 1.54) is 0 Å². The van der Waals surface area contributed by atoms with Crippen molar-refractivity contribution in [2.75, 3.05) is 39.9 Å². The van der Waals surface area contributed by atoms with Crippen LogP contribution in [0.2, 0.25) is 51.4 Å². The topological polar surface area (TPSA) is 84.9 Å². The van der Waals surface area contributed by atoms with Crippen LogP contribution in [0.25, 0.3) is 0 Å². The fourth-order valence-corrected chi connectivity index (χ4v) is 6.09. The highest BCUT2D eigenvalue weighted by molar-refractivity contribution is 6.76. The number of hydrogen-bond donors (Lipinski definition) is 0. The van der Waals surface area contributed by atoms with Crippen LogP contribution in [0.1, 0.15) is 44.7 Å². The first-order valence-electron chi connectivity index (χ1n) is 16.9. The van der Waals surface area contributed by atoms with E-state index in [-0.39, 0.29) is 19.7 Å². The van der Waals surface area contributed by atoms with Gasteiger partial charge in [-0.1, -0.05) is 63.5 Å². The summed E-state index contributed by atoms with van der Waals surface area (Å²) in [5, 5.41) is 0. The maximum absolute atomic E-state index is 12.7. The molecule has 264 valence electrons.